The number of hydrogen-bond acceptors (Lipinski definition) is 3. The summed E-state index contributed by atoms with van der Waals surface area (Å²) in [6, 6.07) is 10.7. The second-order valence-electron chi connectivity index (χ2n) is 5.38. The summed E-state index contributed by atoms with van der Waals surface area (Å²) in [5.74, 6) is 0.701. The molecule has 0 amide bonds. The van der Waals surface area contributed by atoms with Crippen molar-refractivity contribution in [2.24, 2.45) is 5.92 Å². The van der Waals surface area contributed by atoms with Gasteiger partial charge in [0.15, 0.2) is 0 Å². The number of aromatic nitrogens is 1. The number of pyridine rings is 1. The van der Waals surface area contributed by atoms with Crippen molar-refractivity contribution in [3.05, 3.63) is 42.1 Å². The highest BCUT2D eigenvalue weighted by Gasteiger charge is 2.22. The molecule has 1 atom stereocenters. The smallest absolute Gasteiger partial charge is 0.0702 e. The van der Waals surface area contributed by atoms with Crippen LogP contribution in [0.5, 0.6) is 0 Å². The van der Waals surface area contributed by atoms with Gasteiger partial charge in [-0.15, -0.1) is 0 Å². The van der Waals surface area contributed by atoms with Gasteiger partial charge in [-0.05, 0) is 42.6 Å². The van der Waals surface area contributed by atoms with Crippen molar-refractivity contribution in [2.45, 2.75) is 13.0 Å². The van der Waals surface area contributed by atoms with Crippen LogP contribution in [0.1, 0.15) is 12.0 Å². The van der Waals surface area contributed by atoms with Crippen molar-refractivity contribution in [1.82, 2.24) is 9.88 Å². The number of fused-ring (bicyclic) bond motifs is 1. The first kappa shape index (κ1) is 12.6. The normalized spacial score (nSPS) is 20.2. The first-order chi connectivity index (χ1) is 9.35. The highest BCUT2D eigenvalue weighted by molar-refractivity contribution is 5.78. The van der Waals surface area contributed by atoms with E-state index in [2.05, 4.69) is 34.1 Å². The first-order valence-corrected chi connectivity index (χ1v) is 6.90. The third-order valence-corrected chi connectivity index (χ3v) is 3.85. The molecule has 0 N–H and O–H groups in total. The minimum absolute atomic E-state index is 0.701. The molecule has 0 spiro atoms. The number of hydrogen-bond donors (Lipinski definition) is 0. The number of rotatable bonds is 4. The van der Waals surface area contributed by atoms with Crippen molar-refractivity contribution in [2.75, 3.05) is 26.8 Å². The molecule has 0 aliphatic carbocycles. The molecule has 3 rings (SSSR count). The Bertz CT molecular complexity index is 555. The van der Waals surface area contributed by atoms with Gasteiger partial charge < -0.3 is 4.74 Å². The number of methoxy groups -OCH3 is 1. The standard InChI is InChI=1S/C16H20N2O/c1-19-12-14-6-8-18(11-14)10-13-4-5-16-15(9-13)3-2-7-17-16/h2-5,7,9,14H,6,8,10-12H2,1H3. The van der Waals surface area contributed by atoms with Crippen molar-refractivity contribution < 1.29 is 4.74 Å². The minimum atomic E-state index is 0.701. The Labute approximate surface area is 114 Å². The van der Waals surface area contributed by atoms with E-state index in [4.69, 9.17) is 4.74 Å². The van der Waals surface area contributed by atoms with E-state index in [0.29, 0.717) is 5.92 Å². The Balaban J connectivity index is 1.68. The molecule has 1 aromatic heterocycles. The number of likely N-dealkylation sites (tertiary alicyclic amines) is 1. The van der Waals surface area contributed by atoms with E-state index in [1.165, 1.54) is 23.9 Å². The van der Waals surface area contributed by atoms with E-state index < -0.39 is 0 Å². The summed E-state index contributed by atoms with van der Waals surface area (Å²) in [4.78, 5) is 6.88. The molecule has 1 aliphatic heterocycles. The minimum Gasteiger partial charge on any atom is -0.384 e. The second-order valence-corrected chi connectivity index (χ2v) is 5.38. The average molecular weight is 256 g/mol. The number of ether oxygens (including phenoxy) is 1. The molecule has 3 heteroatoms. The van der Waals surface area contributed by atoms with Crippen LogP contribution in [0.3, 0.4) is 0 Å². The van der Waals surface area contributed by atoms with Gasteiger partial charge in [0.25, 0.3) is 0 Å². The summed E-state index contributed by atoms with van der Waals surface area (Å²) in [6.45, 7) is 4.25. The van der Waals surface area contributed by atoms with Crippen LogP contribution in [-0.2, 0) is 11.3 Å². The van der Waals surface area contributed by atoms with Gasteiger partial charge in [0.1, 0.15) is 0 Å². The van der Waals surface area contributed by atoms with E-state index in [1.54, 1.807) is 7.11 Å². The Kier molecular flexibility index (Phi) is 3.76. The lowest BCUT2D eigenvalue weighted by molar-refractivity contribution is 0.152. The number of benzene rings is 1. The summed E-state index contributed by atoms with van der Waals surface area (Å²) in [5, 5.41) is 1.23. The summed E-state index contributed by atoms with van der Waals surface area (Å²) < 4.78 is 5.25. The fraction of sp³-hybridized carbons (Fsp3) is 0.438. The van der Waals surface area contributed by atoms with Crippen LogP contribution < -0.4 is 0 Å². The predicted octanol–water partition coefficient (Wildman–Crippen LogP) is 2.70. The Morgan fingerprint density at radius 3 is 3.21 bits per heavy atom. The molecule has 1 fully saturated rings. The van der Waals surface area contributed by atoms with Crippen molar-refractivity contribution in [1.29, 1.82) is 0 Å². The highest BCUT2D eigenvalue weighted by atomic mass is 16.5. The highest BCUT2D eigenvalue weighted by Crippen LogP contribution is 2.20. The summed E-state index contributed by atoms with van der Waals surface area (Å²) in [5.41, 5.74) is 2.45. The zero-order valence-electron chi connectivity index (χ0n) is 11.4. The molecule has 2 heterocycles. The summed E-state index contributed by atoms with van der Waals surface area (Å²) in [6.07, 6.45) is 3.10. The van der Waals surface area contributed by atoms with E-state index in [-0.39, 0.29) is 0 Å². The van der Waals surface area contributed by atoms with Gasteiger partial charge in [-0.3, -0.25) is 9.88 Å². The third kappa shape index (κ3) is 2.94. The van der Waals surface area contributed by atoms with Crippen LogP contribution in [0.15, 0.2) is 36.5 Å². The van der Waals surface area contributed by atoms with Gasteiger partial charge in [0, 0.05) is 31.8 Å². The predicted molar refractivity (Wildman–Crippen MR) is 77.0 cm³/mol. The zero-order chi connectivity index (χ0) is 13.1. The molecule has 2 aromatic rings. The molecule has 3 nitrogen and oxygen atoms in total. The topological polar surface area (TPSA) is 25.4 Å². The molecule has 19 heavy (non-hydrogen) atoms. The second kappa shape index (κ2) is 5.68. The third-order valence-electron chi connectivity index (χ3n) is 3.85. The molecular formula is C16H20N2O. The van der Waals surface area contributed by atoms with Crippen LogP contribution in [-0.4, -0.2) is 36.7 Å². The fourth-order valence-corrected chi connectivity index (χ4v) is 2.91. The van der Waals surface area contributed by atoms with Crippen LogP contribution in [0.25, 0.3) is 10.9 Å². The van der Waals surface area contributed by atoms with E-state index in [9.17, 15) is 0 Å². The van der Waals surface area contributed by atoms with Crippen LogP contribution >= 0.6 is 0 Å². The maximum absolute atomic E-state index is 5.25. The lowest BCUT2D eigenvalue weighted by Gasteiger charge is -2.16. The zero-order valence-corrected chi connectivity index (χ0v) is 11.4. The lowest BCUT2D eigenvalue weighted by Crippen LogP contribution is -2.21. The van der Waals surface area contributed by atoms with Gasteiger partial charge in [0.05, 0.1) is 12.1 Å². The monoisotopic (exact) mass is 256 g/mol. The Hall–Kier alpha value is -1.45. The quantitative estimate of drug-likeness (QED) is 0.841. The Morgan fingerprint density at radius 2 is 2.32 bits per heavy atom. The average Bonchev–Trinajstić information content (AvgIpc) is 2.86. The molecule has 1 aromatic carbocycles. The van der Waals surface area contributed by atoms with Crippen LogP contribution in [0, 0.1) is 5.92 Å². The molecule has 1 unspecified atom stereocenters. The van der Waals surface area contributed by atoms with Crippen molar-refractivity contribution in [3.8, 4) is 0 Å². The van der Waals surface area contributed by atoms with Gasteiger partial charge in [-0.2, -0.15) is 0 Å². The van der Waals surface area contributed by atoms with Gasteiger partial charge in [0.2, 0.25) is 0 Å². The maximum atomic E-state index is 5.25. The van der Waals surface area contributed by atoms with Crippen molar-refractivity contribution in [3.63, 3.8) is 0 Å². The molecule has 100 valence electrons. The Morgan fingerprint density at radius 1 is 1.37 bits per heavy atom. The van der Waals surface area contributed by atoms with Gasteiger partial charge >= 0.3 is 0 Å². The van der Waals surface area contributed by atoms with Gasteiger partial charge in [-0.25, -0.2) is 0 Å². The molecule has 0 radical (unpaired) electrons. The fourth-order valence-electron chi connectivity index (χ4n) is 2.91. The largest absolute Gasteiger partial charge is 0.384 e. The van der Waals surface area contributed by atoms with Crippen LogP contribution in [0.4, 0.5) is 0 Å². The van der Waals surface area contributed by atoms with Crippen LogP contribution in [0.2, 0.25) is 0 Å². The molecular weight excluding hydrogens is 236 g/mol. The van der Waals surface area contributed by atoms with E-state index in [0.717, 1.165) is 25.2 Å². The number of nitrogens with zero attached hydrogens (tertiary/aromatic N) is 2. The SMILES string of the molecule is COCC1CCN(Cc2ccc3ncccc3c2)C1. The van der Waals surface area contributed by atoms with Crippen molar-refractivity contribution >= 4 is 10.9 Å². The molecule has 0 saturated carbocycles. The molecule has 0 bridgehead atoms. The maximum Gasteiger partial charge on any atom is 0.0702 e. The molecule has 1 saturated heterocycles. The van der Waals surface area contributed by atoms with Gasteiger partial charge in [-0.1, -0.05) is 12.1 Å². The van der Waals surface area contributed by atoms with E-state index in [1.807, 2.05) is 12.3 Å². The van der Waals surface area contributed by atoms with E-state index >= 15 is 0 Å². The first-order valence-electron chi connectivity index (χ1n) is 6.90. The molecule has 1 aliphatic rings. The summed E-state index contributed by atoms with van der Waals surface area (Å²) in [7, 11) is 1.79. The lowest BCUT2D eigenvalue weighted by atomic mass is 10.1. The summed E-state index contributed by atoms with van der Waals surface area (Å²) >= 11 is 0.